The van der Waals surface area contributed by atoms with Crippen LogP contribution in [0.25, 0.3) is 0 Å². The number of hydrogen-bond acceptors (Lipinski definition) is 10. The van der Waals surface area contributed by atoms with Gasteiger partial charge in [-0.05, 0) is 53.1 Å². The molecule has 0 aliphatic heterocycles. The average Bonchev–Trinajstić information content (AvgIpc) is 2.95. The molecule has 0 heterocycles. The van der Waals surface area contributed by atoms with Crippen molar-refractivity contribution in [2.75, 3.05) is 39.3 Å². The zero-order chi connectivity index (χ0) is 28.7. The minimum absolute atomic E-state index is 0.0203. The highest BCUT2D eigenvalue weighted by Crippen LogP contribution is 2.12. The quantitative estimate of drug-likeness (QED) is 0.155. The van der Waals surface area contributed by atoms with Gasteiger partial charge in [-0.2, -0.15) is 0 Å². The lowest BCUT2D eigenvalue weighted by atomic mass is 10.2. The molecule has 40 heavy (non-hydrogen) atoms. The topological polar surface area (TPSA) is 170 Å². The zero-order valence-corrected chi connectivity index (χ0v) is 21.5. The van der Waals surface area contributed by atoms with Gasteiger partial charge < -0.3 is 0 Å². The molecule has 0 aromatic heterocycles. The Kier molecular flexibility index (Phi) is 11.2. The van der Waals surface area contributed by atoms with Gasteiger partial charge in [-0.15, -0.1) is 0 Å². The first kappa shape index (κ1) is 29.4. The van der Waals surface area contributed by atoms with Crippen LogP contribution >= 0.6 is 0 Å². The molecule has 0 atom stereocenters. The first-order valence-corrected chi connectivity index (χ1v) is 12.3. The Labute approximate surface area is 229 Å². The van der Waals surface area contributed by atoms with E-state index in [1.807, 2.05) is 0 Å². The van der Waals surface area contributed by atoms with Crippen molar-refractivity contribution in [2.45, 2.75) is 0 Å². The number of nitro benzene ring substituents is 3. The van der Waals surface area contributed by atoms with Crippen LogP contribution in [0.3, 0.4) is 0 Å². The van der Waals surface area contributed by atoms with Gasteiger partial charge in [0.2, 0.25) is 0 Å². The second-order valence-corrected chi connectivity index (χ2v) is 8.49. The van der Waals surface area contributed by atoms with Crippen LogP contribution in [-0.2, 0) is 0 Å². The van der Waals surface area contributed by atoms with Gasteiger partial charge in [0.1, 0.15) is 0 Å². The number of rotatable bonds is 15. The van der Waals surface area contributed by atoms with Crippen LogP contribution in [0.1, 0.15) is 16.7 Å². The highest BCUT2D eigenvalue weighted by atomic mass is 16.6. The minimum atomic E-state index is -0.451. The van der Waals surface area contributed by atoms with Gasteiger partial charge in [0.25, 0.3) is 17.1 Å². The first-order chi connectivity index (χ1) is 19.3. The lowest BCUT2D eigenvalue weighted by Crippen LogP contribution is -2.31. The van der Waals surface area contributed by atoms with Crippen molar-refractivity contribution in [3.63, 3.8) is 0 Å². The SMILES string of the molecule is O=[N+]([O-])c1ccc(C=NCCN(CCN=Cc2ccc([N+](=O)[O-])cc2)CCN=Cc2ccc([N+](=O)[O-])cc2)cc1. The molecule has 0 fully saturated rings. The van der Waals surface area contributed by atoms with E-state index in [1.165, 1.54) is 36.4 Å². The number of non-ortho nitro benzene ring substituents is 3. The lowest BCUT2D eigenvalue weighted by Gasteiger charge is -2.19. The Morgan fingerprint density at radius 3 is 0.975 bits per heavy atom. The van der Waals surface area contributed by atoms with Gasteiger partial charge >= 0.3 is 0 Å². The van der Waals surface area contributed by atoms with Gasteiger partial charge in [-0.1, -0.05) is 0 Å². The molecule has 0 saturated carbocycles. The number of hydrogen-bond donors (Lipinski definition) is 0. The van der Waals surface area contributed by atoms with Crippen LogP contribution < -0.4 is 0 Å². The molecule has 0 radical (unpaired) electrons. The summed E-state index contributed by atoms with van der Waals surface area (Å²) in [7, 11) is 0. The molecular formula is C27H27N7O6. The van der Waals surface area contributed by atoms with Crippen molar-refractivity contribution < 1.29 is 14.8 Å². The van der Waals surface area contributed by atoms with Crippen molar-refractivity contribution >= 4 is 35.7 Å². The van der Waals surface area contributed by atoms with Gasteiger partial charge in [-0.25, -0.2) is 0 Å². The second kappa shape index (κ2) is 15.3. The summed E-state index contributed by atoms with van der Waals surface area (Å²) in [6, 6.07) is 18.4. The average molecular weight is 546 g/mol. The van der Waals surface area contributed by atoms with E-state index in [2.05, 4.69) is 19.9 Å². The monoisotopic (exact) mass is 545 g/mol. The molecule has 3 aromatic carbocycles. The standard InChI is InChI=1S/C27H27N7O6/c35-32(36)25-7-1-22(2-8-25)19-28-13-16-31(17-14-29-20-23-3-9-26(10-4-23)33(37)38)18-15-30-21-24-5-11-27(12-6-24)34(39)40/h1-12,19-21H,13-18H2. The van der Waals surface area contributed by atoms with Gasteiger partial charge in [0, 0.05) is 74.7 Å². The van der Waals surface area contributed by atoms with Crippen LogP contribution in [0.15, 0.2) is 87.8 Å². The van der Waals surface area contributed by atoms with Crippen molar-refractivity contribution in [2.24, 2.45) is 15.0 Å². The van der Waals surface area contributed by atoms with E-state index in [-0.39, 0.29) is 17.1 Å². The summed E-state index contributed by atoms with van der Waals surface area (Å²) in [6.45, 7) is 3.37. The maximum absolute atomic E-state index is 10.8. The number of aliphatic imine (C=N–C) groups is 3. The normalized spacial score (nSPS) is 11.6. The molecule has 0 aliphatic carbocycles. The molecular weight excluding hydrogens is 518 g/mol. The Morgan fingerprint density at radius 1 is 0.500 bits per heavy atom. The molecule has 3 aromatic rings. The molecule has 13 heteroatoms. The number of nitro groups is 3. The summed E-state index contributed by atoms with van der Waals surface area (Å²) in [6.07, 6.45) is 5.00. The summed E-state index contributed by atoms with van der Waals surface area (Å²) in [5, 5.41) is 32.4. The van der Waals surface area contributed by atoms with Crippen molar-refractivity contribution in [3.8, 4) is 0 Å². The van der Waals surface area contributed by atoms with E-state index in [1.54, 1.807) is 55.0 Å². The summed E-state index contributed by atoms with van der Waals surface area (Å²) >= 11 is 0. The van der Waals surface area contributed by atoms with Crippen LogP contribution in [0.5, 0.6) is 0 Å². The molecule has 0 spiro atoms. The molecule has 0 saturated heterocycles. The maximum atomic E-state index is 10.8. The highest BCUT2D eigenvalue weighted by Gasteiger charge is 2.06. The van der Waals surface area contributed by atoms with Crippen LogP contribution in [-0.4, -0.2) is 77.6 Å². The Bertz CT molecular complexity index is 1200. The summed E-state index contributed by atoms with van der Waals surface area (Å²) in [5.74, 6) is 0. The number of nitrogens with zero attached hydrogens (tertiary/aromatic N) is 7. The summed E-state index contributed by atoms with van der Waals surface area (Å²) < 4.78 is 0. The third-order valence-electron chi connectivity index (χ3n) is 5.67. The fourth-order valence-corrected chi connectivity index (χ4v) is 3.49. The molecule has 13 nitrogen and oxygen atoms in total. The number of benzene rings is 3. The molecule has 0 N–H and O–H groups in total. The molecule has 0 aliphatic rings. The zero-order valence-electron chi connectivity index (χ0n) is 21.5. The van der Waals surface area contributed by atoms with Gasteiger partial charge in [0.05, 0.1) is 34.4 Å². The predicted molar refractivity (Wildman–Crippen MR) is 153 cm³/mol. The van der Waals surface area contributed by atoms with E-state index in [0.29, 0.717) is 39.3 Å². The molecule has 206 valence electrons. The van der Waals surface area contributed by atoms with Crippen molar-refractivity contribution in [3.05, 3.63) is 120 Å². The van der Waals surface area contributed by atoms with E-state index >= 15 is 0 Å². The van der Waals surface area contributed by atoms with E-state index in [4.69, 9.17) is 0 Å². The molecule has 0 unspecified atom stereocenters. The summed E-state index contributed by atoms with van der Waals surface area (Å²) in [4.78, 5) is 46.5. The Morgan fingerprint density at radius 2 is 0.750 bits per heavy atom. The third kappa shape index (κ3) is 9.95. The van der Waals surface area contributed by atoms with Gasteiger partial charge in [-0.3, -0.25) is 50.2 Å². The minimum Gasteiger partial charge on any atom is -0.298 e. The molecule has 0 bridgehead atoms. The third-order valence-corrected chi connectivity index (χ3v) is 5.67. The van der Waals surface area contributed by atoms with Gasteiger partial charge in [0.15, 0.2) is 0 Å². The van der Waals surface area contributed by atoms with Crippen LogP contribution in [0.2, 0.25) is 0 Å². The van der Waals surface area contributed by atoms with E-state index < -0.39 is 14.8 Å². The Balaban J connectivity index is 1.54. The second-order valence-electron chi connectivity index (χ2n) is 8.49. The highest BCUT2D eigenvalue weighted by molar-refractivity contribution is 5.81. The smallest absolute Gasteiger partial charge is 0.269 e. The molecule has 0 amide bonds. The van der Waals surface area contributed by atoms with Crippen LogP contribution in [0, 0.1) is 30.3 Å². The fraction of sp³-hybridized carbons (Fsp3) is 0.222. The predicted octanol–water partition coefficient (Wildman–Crippen LogP) is 4.37. The van der Waals surface area contributed by atoms with Crippen molar-refractivity contribution in [1.82, 2.24) is 4.90 Å². The maximum Gasteiger partial charge on any atom is 0.269 e. The fourth-order valence-electron chi connectivity index (χ4n) is 3.49. The largest absolute Gasteiger partial charge is 0.298 e. The first-order valence-electron chi connectivity index (χ1n) is 12.3. The Hall–Kier alpha value is -5.17. The van der Waals surface area contributed by atoms with E-state index in [9.17, 15) is 30.3 Å². The van der Waals surface area contributed by atoms with Crippen molar-refractivity contribution in [1.29, 1.82) is 0 Å². The van der Waals surface area contributed by atoms with E-state index in [0.717, 1.165) is 16.7 Å². The molecule has 3 rings (SSSR count). The summed E-state index contributed by atoms with van der Waals surface area (Å²) in [5.41, 5.74) is 2.35. The van der Waals surface area contributed by atoms with Crippen LogP contribution in [0.4, 0.5) is 17.1 Å². The lowest BCUT2D eigenvalue weighted by molar-refractivity contribution is -0.385.